The molecule has 0 unspecified atom stereocenters. The Balaban J connectivity index is 1.89. The molecule has 22 heavy (non-hydrogen) atoms. The molecule has 118 valence electrons. The van der Waals surface area contributed by atoms with Crippen LogP contribution in [-0.2, 0) is 14.3 Å². The van der Waals surface area contributed by atoms with Crippen molar-refractivity contribution >= 4 is 17.7 Å². The molecule has 0 aromatic heterocycles. The van der Waals surface area contributed by atoms with Crippen molar-refractivity contribution in [3.8, 4) is 0 Å². The van der Waals surface area contributed by atoms with Crippen LogP contribution < -0.4 is 10.9 Å². The van der Waals surface area contributed by atoms with Crippen molar-refractivity contribution in [1.29, 1.82) is 0 Å². The molecular weight excluding hydrogens is 286 g/mol. The summed E-state index contributed by atoms with van der Waals surface area (Å²) >= 11 is 0. The van der Waals surface area contributed by atoms with Gasteiger partial charge in [-0.3, -0.25) is 24.7 Å². The fraction of sp³-hybridized carbons (Fsp3) is 0.400. The van der Waals surface area contributed by atoms with Gasteiger partial charge in [-0.2, -0.15) is 0 Å². The summed E-state index contributed by atoms with van der Waals surface area (Å²) in [7, 11) is 1.50. The van der Waals surface area contributed by atoms with Crippen molar-refractivity contribution in [3.05, 3.63) is 35.4 Å². The van der Waals surface area contributed by atoms with E-state index < -0.39 is 6.04 Å². The first-order chi connectivity index (χ1) is 10.5. The molecule has 0 bridgehead atoms. The summed E-state index contributed by atoms with van der Waals surface area (Å²) in [5, 5.41) is 0. The van der Waals surface area contributed by atoms with Crippen LogP contribution in [0.25, 0.3) is 0 Å². The monoisotopic (exact) mass is 305 g/mol. The normalized spacial score (nSPS) is 17.9. The molecule has 7 nitrogen and oxygen atoms in total. The Morgan fingerprint density at radius 2 is 2.00 bits per heavy atom. The number of hydrogen-bond acceptors (Lipinski definition) is 5. The zero-order chi connectivity index (χ0) is 16.1. The summed E-state index contributed by atoms with van der Waals surface area (Å²) in [6.07, 6.45) is 0.0245. The van der Waals surface area contributed by atoms with Gasteiger partial charge < -0.3 is 4.74 Å². The van der Waals surface area contributed by atoms with Crippen molar-refractivity contribution in [2.45, 2.75) is 19.4 Å². The number of carbonyl (C=O) groups excluding carboxylic acids is 3. The SMILES string of the molecule is COCCN1C(=O)C[C@H](NNC(=O)c2ccc(C)cc2)C1=O. The third kappa shape index (κ3) is 3.69. The number of aryl methyl sites for hydroxylation is 1. The van der Waals surface area contributed by atoms with Gasteiger partial charge in [0, 0.05) is 12.7 Å². The summed E-state index contributed by atoms with van der Waals surface area (Å²) in [6, 6.07) is 6.30. The maximum absolute atomic E-state index is 12.1. The van der Waals surface area contributed by atoms with Crippen LogP contribution in [-0.4, -0.2) is 48.9 Å². The highest BCUT2D eigenvalue weighted by Gasteiger charge is 2.38. The Kier molecular flexibility index (Phi) is 5.24. The number of ether oxygens (including phenoxy) is 1. The van der Waals surface area contributed by atoms with E-state index in [0.717, 1.165) is 10.5 Å². The lowest BCUT2D eigenvalue weighted by Crippen LogP contribution is -2.48. The number of hydrogen-bond donors (Lipinski definition) is 2. The van der Waals surface area contributed by atoms with E-state index in [1.165, 1.54) is 7.11 Å². The van der Waals surface area contributed by atoms with Gasteiger partial charge in [0.1, 0.15) is 6.04 Å². The minimum atomic E-state index is -0.737. The van der Waals surface area contributed by atoms with Crippen LogP contribution >= 0.6 is 0 Å². The first-order valence-electron chi connectivity index (χ1n) is 6.98. The minimum Gasteiger partial charge on any atom is -0.383 e. The molecule has 7 heteroatoms. The van der Waals surface area contributed by atoms with Crippen molar-refractivity contribution in [2.75, 3.05) is 20.3 Å². The Morgan fingerprint density at radius 3 is 2.64 bits per heavy atom. The smallest absolute Gasteiger partial charge is 0.265 e. The van der Waals surface area contributed by atoms with E-state index in [2.05, 4.69) is 10.9 Å². The average Bonchev–Trinajstić information content (AvgIpc) is 2.78. The number of imide groups is 1. The van der Waals surface area contributed by atoms with Gasteiger partial charge >= 0.3 is 0 Å². The highest BCUT2D eigenvalue weighted by Crippen LogP contribution is 2.12. The van der Waals surface area contributed by atoms with Gasteiger partial charge in [-0.25, -0.2) is 5.43 Å². The van der Waals surface area contributed by atoms with Crippen LogP contribution in [0.2, 0.25) is 0 Å². The van der Waals surface area contributed by atoms with Crippen molar-refractivity contribution in [3.63, 3.8) is 0 Å². The summed E-state index contributed by atoms with van der Waals surface area (Å²) in [6.45, 7) is 2.44. The molecular formula is C15H19N3O4. The molecule has 1 atom stereocenters. The van der Waals surface area contributed by atoms with E-state index in [9.17, 15) is 14.4 Å². The number of benzene rings is 1. The molecule has 3 amide bonds. The second-order valence-corrected chi connectivity index (χ2v) is 5.10. The van der Waals surface area contributed by atoms with E-state index in [0.29, 0.717) is 12.2 Å². The highest BCUT2D eigenvalue weighted by molar-refractivity contribution is 6.05. The second-order valence-electron chi connectivity index (χ2n) is 5.10. The fourth-order valence-corrected chi connectivity index (χ4v) is 2.14. The first kappa shape index (κ1) is 16.1. The first-order valence-corrected chi connectivity index (χ1v) is 6.98. The molecule has 0 saturated carbocycles. The number of rotatable bonds is 6. The number of nitrogens with one attached hydrogen (secondary N) is 2. The van der Waals surface area contributed by atoms with E-state index in [4.69, 9.17) is 4.74 Å². The molecule has 2 N–H and O–H groups in total. The molecule has 1 fully saturated rings. The predicted octanol–water partition coefficient (Wildman–Crippen LogP) is 0.00332. The molecule has 1 aliphatic heterocycles. The average molecular weight is 305 g/mol. The van der Waals surface area contributed by atoms with Gasteiger partial charge in [0.25, 0.3) is 5.91 Å². The van der Waals surface area contributed by atoms with Crippen LogP contribution in [0.3, 0.4) is 0 Å². The second kappa shape index (κ2) is 7.15. The van der Waals surface area contributed by atoms with Gasteiger partial charge in [0.2, 0.25) is 11.8 Å². The lowest BCUT2D eigenvalue weighted by Gasteiger charge is -2.15. The summed E-state index contributed by atoms with van der Waals surface area (Å²) in [5.74, 6) is -0.981. The molecule has 0 aliphatic carbocycles. The lowest BCUT2D eigenvalue weighted by molar-refractivity contribution is -0.139. The van der Waals surface area contributed by atoms with Crippen molar-refractivity contribution in [1.82, 2.24) is 15.8 Å². The molecule has 2 rings (SSSR count). The third-order valence-corrected chi connectivity index (χ3v) is 3.44. The molecule has 1 heterocycles. The number of nitrogens with zero attached hydrogens (tertiary/aromatic N) is 1. The molecule has 1 aromatic carbocycles. The number of hydrazine groups is 1. The number of methoxy groups -OCH3 is 1. The Bertz CT molecular complexity index is 571. The number of likely N-dealkylation sites (tertiary alicyclic amines) is 1. The van der Waals surface area contributed by atoms with Crippen LogP contribution in [0.5, 0.6) is 0 Å². The van der Waals surface area contributed by atoms with Crippen LogP contribution in [0.15, 0.2) is 24.3 Å². The number of amides is 3. The highest BCUT2D eigenvalue weighted by atomic mass is 16.5. The standard InChI is InChI=1S/C15H19N3O4/c1-10-3-5-11(6-4-10)14(20)17-16-12-9-13(19)18(15(12)21)7-8-22-2/h3-6,12,16H,7-9H2,1-2H3,(H,17,20)/t12-/m0/s1. The lowest BCUT2D eigenvalue weighted by atomic mass is 10.1. The minimum absolute atomic E-state index is 0.0245. The van der Waals surface area contributed by atoms with E-state index in [-0.39, 0.29) is 30.7 Å². The summed E-state index contributed by atoms with van der Waals surface area (Å²) in [4.78, 5) is 36.9. The Morgan fingerprint density at radius 1 is 1.32 bits per heavy atom. The predicted molar refractivity (Wildman–Crippen MR) is 78.8 cm³/mol. The van der Waals surface area contributed by atoms with Gasteiger partial charge in [-0.1, -0.05) is 17.7 Å². The molecule has 1 aliphatic rings. The van der Waals surface area contributed by atoms with Gasteiger partial charge in [-0.05, 0) is 19.1 Å². The molecule has 1 aromatic rings. The summed E-state index contributed by atoms with van der Waals surface area (Å²) in [5.41, 5.74) is 6.63. The maximum Gasteiger partial charge on any atom is 0.265 e. The van der Waals surface area contributed by atoms with Gasteiger partial charge in [0.15, 0.2) is 0 Å². The Hall–Kier alpha value is -2.25. The quantitative estimate of drug-likeness (QED) is 0.571. The number of carbonyl (C=O) groups is 3. The van der Waals surface area contributed by atoms with Crippen LogP contribution in [0, 0.1) is 6.92 Å². The third-order valence-electron chi connectivity index (χ3n) is 3.44. The Labute approximate surface area is 128 Å². The topological polar surface area (TPSA) is 87.7 Å². The largest absolute Gasteiger partial charge is 0.383 e. The van der Waals surface area contributed by atoms with Gasteiger partial charge in [0.05, 0.1) is 19.6 Å². The zero-order valence-corrected chi connectivity index (χ0v) is 12.6. The zero-order valence-electron chi connectivity index (χ0n) is 12.6. The van der Waals surface area contributed by atoms with E-state index in [1.54, 1.807) is 12.1 Å². The van der Waals surface area contributed by atoms with Crippen molar-refractivity contribution in [2.24, 2.45) is 0 Å². The molecule has 1 saturated heterocycles. The van der Waals surface area contributed by atoms with E-state index in [1.807, 2.05) is 19.1 Å². The molecule has 0 radical (unpaired) electrons. The van der Waals surface area contributed by atoms with E-state index >= 15 is 0 Å². The summed E-state index contributed by atoms with van der Waals surface area (Å²) < 4.78 is 4.87. The van der Waals surface area contributed by atoms with Crippen LogP contribution in [0.4, 0.5) is 0 Å². The van der Waals surface area contributed by atoms with Crippen molar-refractivity contribution < 1.29 is 19.1 Å². The fourth-order valence-electron chi connectivity index (χ4n) is 2.14. The molecule has 0 spiro atoms. The van der Waals surface area contributed by atoms with Gasteiger partial charge in [-0.15, -0.1) is 0 Å². The van der Waals surface area contributed by atoms with Crippen LogP contribution in [0.1, 0.15) is 22.3 Å². The maximum atomic E-state index is 12.1.